The van der Waals surface area contributed by atoms with Crippen molar-refractivity contribution in [2.75, 3.05) is 0 Å². The molecule has 4 rings (SSSR count). The maximum absolute atomic E-state index is 9.36. The molecule has 6 atom stereocenters. The molecule has 3 saturated carbocycles. The second kappa shape index (κ2) is 4.61. The normalized spacial score (nSPS) is 52.1. The molecule has 1 heteroatoms. The van der Waals surface area contributed by atoms with Crippen LogP contribution in [0.2, 0.25) is 0 Å². The van der Waals surface area contributed by atoms with Gasteiger partial charge in [-0.1, -0.05) is 26.3 Å². The van der Waals surface area contributed by atoms with Crippen LogP contribution in [0, 0.1) is 45.8 Å². The molecule has 0 saturated heterocycles. The van der Waals surface area contributed by atoms with Gasteiger partial charge in [-0.15, -0.1) is 0 Å². The number of fused-ring (bicyclic) bond motifs is 5. The number of hydrogen-bond acceptors (Lipinski definition) is 1. The quantitative estimate of drug-likeness (QED) is 0.577. The molecule has 21 heavy (non-hydrogen) atoms. The fourth-order valence-electron chi connectivity index (χ4n) is 7.04. The lowest BCUT2D eigenvalue weighted by atomic mass is 9.45. The van der Waals surface area contributed by atoms with E-state index in [-0.39, 0.29) is 0 Å². The molecule has 0 N–H and O–H groups in total. The smallest absolute Gasteiger partial charge is 0.0943 e. The first-order chi connectivity index (χ1) is 10.1. The van der Waals surface area contributed by atoms with Gasteiger partial charge in [-0.2, -0.15) is 5.26 Å². The van der Waals surface area contributed by atoms with Gasteiger partial charge < -0.3 is 0 Å². The topological polar surface area (TPSA) is 23.8 Å². The van der Waals surface area contributed by atoms with Gasteiger partial charge in [-0.05, 0) is 85.9 Å². The van der Waals surface area contributed by atoms with E-state index in [0.717, 1.165) is 35.7 Å². The summed E-state index contributed by atoms with van der Waals surface area (Å²) in [5.41, 5.74) is 2.16. The Kier molecular flexibility index (Phi) is 3.04. The molecule has 0 bridgehead atoms. The molecule has 0 aromatic heterocycles. The molecule has 0 amide bonds. The Morgan fingerprint density at radius 1 is 1.10 bits per heavy atom. The zero-order valence-corrected chi connectivity index (χ0v) is 13.7. The molecule has 4 aliphatic carbocycles. The summed E-state index contributed by atoms with van der Waals surface area (Å²) in [7, 11) is 0. The third-order valence-corrected chi connectivity index (χ3v) is 8.21. The first-order valence-corrected chi connectivity index (χ1v) is 9.16. The van der Waals surface area contributed by atoms with Crippen molar-refractivity contribution in [3.05, 3.63) is 11.6 Å². The summed E-state index contributed by atoms with van der Waals surface area (Å²) < 4.78 is 0. The van der Waals surface area contributed by atoms with Gasteiger partial charge >= 0.3 is 0 Å². The van der Waals surface area contributed by atoms with E-state index in [1.807, 2.05) is 0 Å². The molecule has 1 nitrogen and oxygen atoms in total. The van der Waals surface area contributed by atoms with Crippen molar-refractivity contribution in [1.82, 2.24) is 0 Å². The van der Waals surface area contributed by atoms with Crippen LogP contribution in [0.15, 0.2) is 11.6 Å². The highest BCUT2D eigenvalue weighted by Gasteiger charge is 2.57. The van der Waals surface area contributed by atoms with Crippen LogP contribution >= 0.6 is 0 Å². The predicted molar refractivity (Wildman–Crippen MR) is 85.4 cm³/mol. The van der Waals surface area contributed by atoms with E-state index in [4.69, 9.17) is 0 Å². The lowest BCUT2D eigenvalue weighted by Gasteiger charge is -2.59. The number of nitriles is 1. The van der Waals surface area contributed by atoms with Gasteiger partial charge in [0.2, 0.25) is 0 Å². The van der Waals surface area contributed by atoms with Crippen molar-refractivity contribution >= 4 is 0 Å². The molecule has 4 aliphatic rings. The summed E-state index contributed by atoms with van der Waals surface area (Å²) >= 11 is 0. The van der Waals surface area contributed by atoms with Crippen LogP contribution in [0.5, 0.6) is 0 Å². The van der Waals surface area contributed by atoms with Gasteiger partial charge in [0.1, 0.15) is 0 Å². The standard InChI is InChI=1S/C20H29N/c1-19-10-3-4-17(19)16-8-7-15-6-5-14(13-21)12-20(15,2)18(16)9-11-19/h5,15-18H,3-4,6-12H2,1-2H3/t15?,16-,17-,18-,19-,20-/m0/s1. The van der Waals surface area contributed by atoms with Gasteiger partial charge in [0.15, 0.2) is 0 Å². The minimum Gasteiger partial charge on any atom is -0.193 e. The van der Waals surface area contributed by atoms with Gasteiger partial charge in [0.05, 0.1) is 6.07 Å². The van der Waals surface area contributed by atoms with E-state index in [2.05, 4.69) is 26.0 Å². The van der Waals surface area contributed by atoms with E-state index in [1.165, 1.54) is 51.4 Å². The van der Waals surface area contributed by atoms with Crippen molar-refractivity contribution in [1.29, 1.82) is 5.26 Å². The number of allylic oxidation sites excluding steroid dienone is 2. The Balaban J connectivity index is 1.66. The summed E-state index contributed by atoms with van der Waals surface area (Å²) in [6.45, 7) is 5.12. The first kappa shape index (κ1) is 13.9. The third kappa shape index (κ3) is 1.87. The molecule has 0 aromatic rings. The molecule has 0 heterocycles. The minimum atomic E-state index is 0.423. The Morgan fingerprint density at radius 2 is 1.95 bits per heavy atom. The average Bonchev–Trinajstić information content (AvgIpc) is 2.87. The van der Waals surface area contributed by atoms with Crippen LogP contribution in [0.1, 0.15) is 71.6 Å². The molecule has 0 radical (unpaired) electrons. The molecular formula is C20H29N. The number of hydrogen-bond donors (Lipinski definition) is 0. The number of rotatable bonds is 0. The minimum absolute atomic E-state index is 0.423. The predicted octanol–water partition coefficient (Wildman–Crippen LogP) is 5.48. The highest BCUT2D eigenvalue weighted by atomic mass is 14.6. The summed E-state index contributed by atoms with van der Waals surface area (Å²) in [5.74, 6) is 3.70. The summed E-state index contributed by atoms with van der Waals surface area (Å²) in [6.07, 6.45) is 14.7. The van der Waals surface area contributed by atoms with Crippen LogP contribution in [0.4, 0.5) is 0 Å². The Morgan fingerprint density at radius 3 is 2.76 bits per heavy atom. The van der Waals surface area contributed by atoms with Gasteiger partial charge in [0.25, 0.3) is 0 Å². The molecule has 0 aliphatic heterocycles. The van der Waals surface area contributed by atoms with E-state index in [0.29, 0.717) is 10.8 Å². The molecule has 3 fully saturated rings. The van der Waals surface area contributed by atoms with Crippen molar-refractivity contribution < 1.29 is 0 Å². The molecule has 1 unspecified atom stereocenters. The zero-order valence-electron chi connectivity index (χ0n) is 13.7. The van der Waals surface area contributed by atoms with Crippen LogP contribution in [0.3, 0.4) is 0 Å². The summed E-state index contributed by atoms with van der Waals surface area (Å²) in [4.78, 5) is 0. The molecule has 0 aromatic carbocycles. The summed E-state index contributed by atoms with van der Waals surface area (Å²) in [6, 6.07) is 2.47. The van der Waals surface area contributed by atoms with Gasteiger partial charge in [-0.25, -0.2) is 0 Å². The fourth-order valence-corrected chi connectivity index (χ4v) is 7.04. The van der Waals surface area contributed by atoms with Crippen LogP contribution in [-0.4, -0.2) is 0 Å². The van der Waals surface area contributed by atoms with E-state index < -0.39 is 0 Å². The second-order valence-electron chi connectivity index (χ2n) is 9.00. The van der Waals surface area contributed by atoms with Crippen LogP contribution in [0.25, 0.3) is 0 Å². The zero-order chi connectivity index (χ0) is 14.7. The van der Waals surface area contributed by atoms with E-state index in [9.17, 15) is 5.26 Å². The van der Waals surface area contributed by atoms with E-state index >= 15 is 0 Å². The Labute approximate surface area is 129 Å². The Hall–Kier alpha value is -0.770. The Bertz CT molecular complexity index is 512. The largest absolute Gasteiger partial charge is 0.193 e. The second-order valence-corrected chi connectivity index (χ2v) is 9.00. The van der Waals surface area contributed by atoms with Crippen molar-refractivity contribution in [2.24, 2.45) is 34.5 Å². The maximum atomic E-state index is 9.36. The summed E-state index contributed by atoms with van der Waals surface area (Å²) in [5, 5.41) is 9.36. The molecular weight excluding hydrogens is 254 g/mol. The van der Waals surface area contributed by atoms with Crippen molar-refractivity contribution in [3.8, 4) is 6.07 Å². The maximum Gasteiger partial charge on any atom is 0.0943 e. The van der Waals surface area contributed by atoms with Crippen molar-refractivity contribution in [2.45, 2.75) is 71.6 Å². The van der Waals surface area contributed by atoms with Gasteiger partial charge in [-0.3, -0.25) is 0 Å². The van der Waals surface area contributed by atoms with Gasteiger partial charge in [0, 0.05) is 5.57 Å². The first-order valence-electron chi connectivity index (χ1n) is 9.16. The number of nitrogens with zero attached hydrogens (tertiary/aromatic N) is 1. The highest BCUT2D eigenvalue weighted by Crippen LogP contribution is 2.66. The van der Waals surface area contributed by atoms with Crippen molar-refractivity contribution in [3.63, 3.8) is 0 Å². The monoisotopic (exact) mass is 283 g/mol. The molecule has 0 spiro atoms. The van der Waals surface area contributed by atoms with Crippen LogP contribution in [-0.2, 0) is 0 Å². The fraction of sp³-hybridized carbons (Fsp3) is 0.850. The highest BCUT2D eigenvalue weighted by molar-refractivity contribution is 5.27. The lowest BCUT2D eigenvalue weighted by molar-refractivity contribution is -0.0880. The van der Waals surface area contributed by atoms with Crippen LogP contribution < -0.4 is 0 Å². The van der Waals surface area contributed by atoms with E-state index in [1.54, 1.807) is 0 Å². The average molecular weight is 283 g/mol. The molecule has 114 valence electrons. The SMILES string of the molecule is C[C@@]12CCC[C@H]1[C@@H]1CCC3CC=C(C#N)C[C@]3(C)[C@H]1CC2. The lowest BCUT2D eigenvalue weighted by Crippen LogP contribution is -2.51. The third-order valence-electron chi connectivity index (χ3n) is 8.21.